The molecule has 33 heavy (non-hydrogen) atoms. The van der Waals surface area contributed by atoms with Crippen LogP contribution >= 0.6 is 11.6 Å². The molecule has 3 N–H and O–H groups in total. The average Bonchev–Trinajstić information content (AvgIpc) is 3.16. The largest absolute Gasteiger partial charge is 0.455 e. The van der Waals surface area contributed by atoms with Crippen LogP contribution in [-0.4, -0.2) is 47.8 Å². The zero-order valence-electron chi connectivity index (χ0n) is 17.6. The summed E-state index contributed by atoms with van der Waals surface area (Å²) in [5, 5.41) is 1.26. The highest BCUT2D eigenvalue weighted by atomic mass is 35.5. The van der Waals surface area contributed by atoms with Gasteiger partial charge in [0.15, 0.2) is 6.61 Å². The Morgan fingerprint density at radius 1 is 1.03 bits per heavy atom. The minimum absolute atomic E-state index is 0.0832. The van der Waals surface area contributed by atoms with Crippen LogP contribution in [0.2, 0.25) is 5.02 Å². The summed E-state index contributed by atoms with van der Waals surface area (Å²) < 4.78 is 4.93. The Labute approximate surface area is 194 Å². The molecular weight excluding hydrogens is 452 g/mol. The van der Waals surface area contributed by atoms with Gasteiger partial charge in [0.25, 0.3) is 17.7 Å². The molecule has 3 rings (SSSR count). The van der Waals surface area contributed by atoms with Gasteiger partial charge in [-0.2, -0.15) is 0 Å². The number of rotatable bonds is 6. The fourth-order valence-electron chi connectivity index (χ4n) is 3.00. The fourth-order valence-corrected chi connectivity index (χ4v) is 3.22. The van der Waals surface area contributed by atoms with Crippen molar-refractivity contribution in [1.82, 2.24) is 21.3 Å². The first-order valence-electron chi connectivity index (χ1n) is 9.93. The molecule has 1 fully saturated rings. The van der Waals surface area contributed by atoms with E-state index >= 15 is 0 Å². The predicted octanol–water partition coefficient (Wildman–Crippen LogP) is 1.15. The first kappa shape index (κ1) is 23.7. The minimum Gasteiger partial charge on any atom is -0.455 e. The standard InChI is InChI=1S/C22H21ClN4O6/c1-13-6-8-14(9-7-13)20(30)26-27-11-15(10-19(27)29)22(32)33-12-18(28)24-25-21(31)16-4-2-3-5-17(16)23/h2-9,15H,10-12H2,1H3,(H,24,28)(H,25,31)(H,26,30)/t15-/m0/s1. The number of halogens is 1. The molecule has 0 unspecified atom stereocenters. The van der Waals surface area contributed by atoms with Gasteiger partial charge in [-0.1, -0.05) is 41.4 Å². The topological polar surface area (TPSA) is 134 Å². The summed E-state index contributed by atoms with van der Waals surface area (Å²) in [7, 11) is 0. The van der Waals surface area contributed by atoms with E-state index in [1.807, 2.05) is 6.92 Å². The van der Waals surface area contributed by atoms with Gasteiger partial charge < -0.3 is 4.74 Å². The van der Waals surface area contributed by atoms with Crippen LogP contribution in [0, 0.1) is 12.8 Å². The van der Waals surface area contributed by atoms with Crippen molar-refractivity contribution in [3.8, 4) is 0 Å². The van der Waals surface area contributed by atoms with Gasteiger partial charge in [0, 0.05) is 12.0 Å². The highest BCUT2D eigenvalue weighted by molar-refractivity contribution is 6.33. The van der Waals surface area contributed by atoms with Crippen LogP contribution in [0.5, 0.6) is 0 Å². The molecule has 11 heteroatoms. The third-order valence-corrected chi connectivity index (χ3v) is 5.12. The second-order valence-electron chi connectivity index (χ2n) is 7.30. The smallest absolute Gasteiger partial charge is 0.311 e. The molecule has 172 valence electrons. The zero-order valence-corrected chi connectivity index (χ0v) is 18.3. The molecule has 0 saturated carbocycles. The van der Waals surface area contributed by atoms with Crippen molar-refractivity contribution in [2.45, 2.75) is 13.3 Å². The van der Waals surface area contributed by atoms with E-state index in [1.54, 1.807) is 36.4 Å². The number of aryl methyl sites for hydroxylation is 1. The first-order chi connectivity index (χ1) is 15.7. The fraction of sp³-hybridized carbons (Fsp3) is 0.227. The lowest BCUT2D eigenvalue weighted by Crippen LogP contribution is -2.44. The summed E-state index contributed by atoms with van der Waals surface area (Å²) in [6, 6.07) is 13.0. The number of carbonyl (C=O) groups is 5. The molecule has 1 atom stereocenters. The molecule has 1 saturated heterocycles. The van der Waals surface area contributed by atoms with Gasteiger partial charge >= 0.3 is 5.97 Å². The lowest BCUT2D eigenvalue weighted by atomic mass is 10.1. The van der Waals surface area contributed by atoms with E-state index in [1.165, 1.54) is 12.1 Å². The van der Waals surface area contributed by atoms with Crippen molar-refractivity contribution >= 4 is 41.2 Å². The molecule has 0 spiro atoms. The van der Waals surface area contributed by atoms with Crippen LogP contribution in [0.25, 0.3) is 0 Å². The molecule has 4 amide bonds. The monoisotopic (exact) mass is 472 g/mol. The van der Waals surface area contributed by atoms with E-state index in [9.17, 15) is 24.0 Å². The normalized spacial score (nSPS) is 15.0. The highest BCUT2D eigenvalue weighted by Crippen LogP contribution is 2.18. The van der Waals surface area contributed by atoms with Crippen LogP contribution in [0.15, 0.2) is 48.5 Å². The van der Waals surface area contributed by atoms with Gasteiger partial charge in [0.1, 0.15) is 0 Å². The Morgan fingerprint density at radius 2 is 1.73 bits per heavy atom. The van der Waals surface area contributed by atoms with Gasteiger partial charge in [-0.05, 0) is 31.2 Å². The van der Waals surface area contributed by atoms with E-state index in [2.05, 4.69) is 16.3 Å². The summed E-state index contributed by atoms with van der Waals surface area (Å²) in [5.41, 5.74) is 8.26. The molecule has 2 aromatic carbocycles. The zero-order chi connectivity index (χ0) is 24.0. The lowest BCUT2D eigenvalue weighted by Gasteiger charge is -2.17. The van der Waals surface area contributed by atoms with Crippen LogP contribution in [0.4, 0.5) is 0 Å². The van der Waals surface area contributed by atoms with E-state index in [0.29, 0.717) is 5.56 Å². The molecule has 10 nitrogen and oxygen atoms in total. The molecule has 0 aromatic heterocycles. The predicted molar refractivity (Wildman–Crippen MR) is 116 cm³/mol. The van der Waals surface area contributed by atoms with E-state index in [0.717, 1.165) is 10.6 Å². The third kappa shape index (κ3) is 6.30. The number of ether oxygens (including phenoxy) is 1. The molecular formula is C22H21ClN4O6. The van der Waals surface area contributed by atoms with Crippen molar-refractivity contribution in [3.05, 3.63) is 70.2 Å². The summed E-state index contributed by atoms with van der Waals surface area (Å²) in [6.07, 6.45) is -0.169. The molecule has 0 radical (unpaired) electrons. The number of amides is 4. The third-order valence-electron chi connectivity index (χ3n) is 4.79. The van der Waals surface area contributed by atoms with E-state index in [4.69, 9.17) is 16.3 Å². The Balaban J connectivity index is 1.43. The lowest BCUT2D eigenvalue weighted by molar-refractivity contribution is -0.152. The summed E-state index contributed by atoms with van der Waals surface area (Å²) in [4.78, 5) is 60.5. The van der Waals surface area contributed by atoms with Crippen LogP contribution in [-0.2, 0) is 19.1 Å². The highest BCUT2D eigenvalue weighted by Gasteiger charge is 2.36. The van der Waals surface area contributed by atoms with Crippen molar-refractivity contribution in [3.63, 3.8) is 0 Å². The second kappa shape index (κ2) is 10.6. The number of nitrogens with zero attached hydrogens (tertiary/aromatic N) is 1. The molecule has 1 heterocycles. The SMILES string of the molecule is Cc1ccc(C(=O)NN2C[C@@H](C(=O)OCC(=O)NNC(=O)c3ccccc3Cl)CC2=O)cc1. The van der Waals surface area contributed by atoms with Crippen LogP contribution in [0.3, 0.4) is 0 Å². The maximum absolute atomic E-state index is 12.3. The summed E-state index contributed by atoms with van der Waals surface area (Å²) in [6.45, 7) is 1.14. The quantitative estimate of drug-likeness (QED) is 0.426. The number of carbonyl (C=O) groups excluding carboxylic acids is 5. The van der Waals surface area contributed by atoms with E-state index < -0.39 is 42.1 Å². The average molecular weight is 473 g/mol. The summed E-state index contributed by atoms with van der Waals surface area (Å²) in [5.74, 6) is -3.97. The van der Waals surface area contributed by atoms with Crippen molar-refractivity contribution < 1.29 is 28.7 Å². The van der Waals surface area contributed by atoms with Gasteiger partial charge in [0.2, 0.25) is 5.91 Å². The van der Waals surface area contributed by atoms with Crippen LogP contribution in [0.1, 0.15) is 32.7 Å². The van der Waals surface area contributed by atoms with Crippen molar-refractivity contribution in [1.29, 1.82) is 0 Å². The Bertz CT molecular complexity index is 1090. The number of nitrogens with one attached hydrogen (secondary N) is 3. The number of hydrogen-bond donors (Lipinski definition) is 3. The summed E-state index contributed by atoms with van der Waals surface area (Å²) >= 11 is 5.91. The molecule has 0 bridgehead atoms. The van der Waals surface area contributed by atoms with Gasteiger partial charge in [-0.15, -0.1) is 0 Å². The number of hydrogen-bond acceptors (Lipinski definition) is 6. The minimum atomic E-state index is -0.846. The molecule has 1 aliphatic rings. The maximum Gasteiger partial charge on any atom is 0.311 e. The first-order valence-corrected chi connectivity index (χ1v) is 10.3. The number of benzene rings is 2. The van der Waals surface area contributed by atoms with Crippen LogP contribution < -0.4 is 16.3 Å². The Kier molecular flexibility index (Phi) is 7.62. The molecule has 0 aliphatic carbocycles. The number of hydrazine groups is 2. The van der Waals surface area contributed by atoms with Crippen molar-refractivity contribution in [2.75, 3.05) is 13.2 Å². The molecule has 1 aliphatic heterocycles. The Morgan fingerprint density at radius 3 is 2.42 bits per heavy atom. The second-order valence-corrected chi connectivity index (χ2v) is 7.71. The van der Waals surface area contributed by atoms with Crippen molar-refractivity contribution in [2.24, 2.45) is 5.92 Å². The van der Waals surface area contributed by atoms with Gasteiger partial charge in [-0.25, -0.2) is 0 Å². The Hall–Kier alpha value is -3.92. The van der Waals surface area contributed by atoms with E-state index in [-0.39, 0.29) is 23.6 Å². The van der Waals surface area contributed by atoms with Gasteiger partial charge in [-0.3, -0.25) is 45.3 Å². The number of esters is 1. The molecule has 2 aromatic rings. The maximum atomic E-state index is 12.3. The van der Waals surface area contributed by atoms with Gasteiger partial charge in [0.05, 0.1) is 23.0 Å².